The summed E-state index contributed by atoms with van der Waals surface area (Å²) in [6, 6.07) is 12.7. The normalized spacial score (nSPS) is 21.2. The molecule has 1 aromatic heterocycles. The van der Waals surface area contributed by atoms with Crippen molar-refractivity contribution in [2.75, 3.05) is 0 Å². The molecule has 0 saturated heterocycles. The maximum Gasteiger partial charge on any atom is 0.275 e. The zero-order valence-electron chi connectivity index (χ0n) is 26.4. The number of amides is 2. The largest absolute Gasteiger partial charge is 0.345 e. The van der Waals surface area contributed by atoms with Crippen LogP contribution in [0, 0.1) is 11.3 Å². The van der Waals surface area contributed by atoms with Crippen molar-refractivity contribution in [2.24, 2.45) is 23.4 Å². The van der Waals surface area contributed by atoms with Crippen LogP contribution in [0.25, 0.3) is 0 Å². The van der Waals surface area contributed by atoms with Crippen molar-refractivity contribution >= 4 is 40.7 Å². The molecule has 236 valence electrons. The van der Waals surface area contributed by atoms with Gasteiger partial charge in [-0.05, 0) is 79.3 Å². The van der Waals surface area contributed by atoms with Gasteiger partial charge >= 0.3 is 0 Å². The standard InChI is InChI=1S/C34H44Cl2N6O2/c1-6-8-9-28(22-10-12-23(13-11-22)31(43)37-21-29-39-40-41(29)5)42-32(44)30(24-18-26(35)20-27(36)19-24)38-34(42)16-14-25(15-17-34)33(3,4)7-2/h10-13,18-20,25,28,40H,6-9,14-17,21H2,1-5H3,(H,37,43)/t25?,28-,34?/m1/s1. The molecule has 1 fully saturated rings. The lowest BCUT2D eigenvalue weighted by atomic mass is 9.67. The van der Waals surface area contributed by atoms with Crippen molar-refractivity contribution in [1.82, 2.24) is 25.2 Å². The van der Waals surface area contributed by atoms with Gasteiger partial charge in [-0.15, -0.1) is 5.10 Å². The van der Waals surface area contributed by atoms with Gasteiger partial charge in [-0.1, -0.05) is 82.3 Å². The molecule has 0 radical (unpaired) electrons. The topological polar surface area (TPSA) is 95.4 Å². The van der Waals surface area contributed by atoms with Crippen LogP contribution in [0.3, 0.4) is 0 Å². The number of aromatic amines is 1. The lowest BCUT2D eigenvalue weighted by Crippen LogP contribution is -2.51. The number of rotatable bonds is 11. The fraction of sp³-hybridized carbons (Fsp3) is 0.529. The van der Waals surface area contributed by atoms with Crippen LogP contribution in [-0.4, -0.2) is 43.1 Å². The second-order valence-corrected chi connectivity index (χ2v) is 13.9. The van der Waals surface area contributed by atoms with Gasteiger partial charge in [-0.25, -0.2) is 5.21 Å². The van der Waals surface area contributed by atoms with Crippen molar-refractivity contribution in [3.63, 3.8) is 0 Å². The molecule has 0 unspecified atom stereocenters. The van der Waals surface area contributed by atoms with Gasteiger partial charge in [-0.2, -0.15) is 0 Å². The molecule has 2 amide bonds. The molecule has 1 saturated carbocycles. The summed E-state index contributed by atoms with van der Waals surface area (Å²) in [7, 11) is 1.85. The van der Waals surface area contributed by atoms with E-state index in [1.165, 1.54) is 0 Å². The number of nitrogens with zero attached hydrogens (tertiary/aromatic N) is 4. The zero-order chi connectivity index (χ0) is 31.6. The number of hydrogen-bond donors (Lipinski definition) is 2. The molecule has 1 spiro atoms. The van der Waals surface area contributed by atoms with E-state index in [0.29, 0.717) is 39.3 Å². The summed E-state index contributed by atoms with van der Waals surface area (Å²) in [6.45, 7) is 9.48. The Labute approximate surface area is 270 Å². The van der Waals surface area contributed by atoms with E-state index in [9.17, 15) is 9.59 Å². The Bertz CT molecular complexity index is 1490. The molecule has 0 bridgehead atoms. The number of carbonyl (C=O) groups excluding carboxylic acids is 2. The van der Waals surface area contributed by atoms with Crippen molar-refractivity contribution in [2.45, 2.75) is 97.3 Å². The van der Waals surface area contributed by atoms with Gasteiger partial charge in [0, 0.05) is 28.2 Å². The molecule has 1 aliphatic heterocycles. The molecule has 3 aromatic rings. The van der Waals surface area contributed by atoms with Crippen LogP contribution in [0.4, 0.5) is 0 Å². The molecule has 2 N–H and O–H groups in total. The van der Waals surface area contributed by atoms with Crippen LogP contribution in [0.2, 0.25) is 10.0 Å². The molecule has 44 heavy (non-hydrogen) atoms. The van der Waals surface area contributed by atoms with Gasteiger partial charge in [-0.3, -0.25) is 19.3 Å². The summed E-state index contributed by atoms with van der Waals surface area (Å²) < 4.78 is 1.76. The van der Waals surface area contributed by atoms with Crippen molar-refractivity contribution in [3.05, 3.63) is 75.0 Å². The Balaban J connectivity index is 1.48. The fourth-order valence-electron chi connectivity index (χ4n) is 6.77. The number of benzene rings is 2. The smallest absolute Gasteiger partial charge is 0.275 e. The van der Waals surface area contributed by atoms with Gasteiger partial charge < -0.3 is 10.2 Å². The molecule has 10 heteroatoms. The summed E-state index contributed by atoms with van der Waals surface area (Å²) in [5.41, 5.74) is 2.25. The highest BCUT2D eigenvalue weighted by molar-refractivity contribution is 6.47. The quantitative estimate of drug-likeness (QED) is 0.224. The van der Waals surface area contributed by atoms with Gasteiger partial charge in [0.15, 0.2) is 5.82 Å². The first kappa shape index (κ1) is 32.3. The number of aliphatic imine (C=N–C) groups is 1. The highest BCUT2D eigenvalue weighted by Crippen LogP contribution is 2.50. The number of hydrogen-bond acceptors (Lipinski definition) is 4. The predicted octanol–water partition coefficient (Wildman–Crippen LogP) is 7.87. The van der Waals surface area contributed by atoms with Crippen LogP contribution in [-0.2, 0) is 18.4 Å². The fourth-order valence-corrected chi connectivity index (χ4v) is 7.29. The summed E-state index contributed by atoms with van der Waals surface area (Å²) >= 11 is 12.8. The Morgan fingerprint density at radius 1 is 1.11 bits per heavy atom. The molecule has 1 aliphatic carbocycles. The first-order valence-electron chi connectivity index (χ1n) is 15.8. The summed E-state index contributed by atoms with van der Waals surface area (Å²) in [5, 5.41) is 10.7. The van der Waals surface area contributed by atoms with Crippen molar-refractivity contribution in [3.8, 4) is 0 Å². The number of unbranched alkanes of at least 4 members (excludes halogenated alkanes) is 1. The number of aryl methyl sites for hydroxylation is 1. The highest BCUT2D eigenvalue weighted by Gasteiger charge is 2.52. The summed E-state index contributed by atoms with van der Waals surface area (Å²) in [5.74, 6) is 1.08. The minimum Gasteiger partial charge on any atom is -0.345 e. The number of H-pyrrole nitrogens is 1. The SMILES string of the molecule is CCCC[C@H](c1ccc(C(=O)NCc2n[nH]n2C)cc1)N1C(=O)C(c2cc(Cl)cc(Cl)c2)=NC12CCC(C(C)(C)CC)CC2. The van der Waals surface area contributed by atoms with E-state index in [-0.39, 0.29) is 23.3 Å². The van der Waals surface area contributed by atoms with Gasteiger partial charge in [0.25, 0.3) is 11.8 Å². The molecule has 2 heterocycles. The van der Waals surface area contributed by atoms with Crippen LogP contribution in [0.5, 0.6) is 0 Å². The second kappa shape index (κ2) is 13.1. The van der Waals surface area contributed by atoms with Crippen LogP contribution >= 0.6 is 23.2 Å². The Morgan fingerprint density at radius 2 is 1.77 bits per heavy atom. The van der Waals surface area contributed by atoms with E-state index in [1.54, 1.807) is 22.9 Å². The van der Waals surface area contributed by atoms with E-state index >= 15 is 0 Å². The molecule has 2 aliphatic rings. The Kier molecular flexibility index (Phi) is 9.61. The highest BCUT2D eigenvalue weighted by atomic mass is 35.5. The summed E-state index contributed by atoms with van der Waals surface area (Å²) in [4.78, 5) is 34.8. The first-order chi connectivity index (χ1) is 21.0. The number of nitrogens with one attached hydrogen (secondary N) is 2. The molecule has 1 atom stereocenters. The lowest BCUT2D eigenvalue weighted by Gasteiger charge is -2.48. The zero-order valence-corrected chi connectivity index (χ0v) is 27.9. The molecule has 2 aromatic carbocycles. The Hall–Kier alpha value is -3.10. The second-order valence-electron chi connectivity index (χ2n) is 13.0. The number of halogens is 2. The maximum atomic E-state index is 14.5. The van der Waals surface area contributed by atoms with Crippen LogP contribution < -0.4 is 5.32 Å². The summed E-state index contributed by atoms with van der Waals surface area (Å²) in [6.07, 6.45) is 7.51. The molecular weight excluding hydrogens is 595 g/mol. The molecular formula is C34H44Cl2N6O2. The van der Waals surface area contributed by atoms with Crippen molar-refractivity contribution in [1.29, 1.82) is 0 Å². The predicted molar refractivity (Wildman–Crippen MR) is 176 cm³/mol. The third-order valence-corrected chi connectivity index (χ3v) is 10.4. The van der Waals surface area contributed by atoms with Crippen molar-refractivity contribution < 1.29 is 9.59 Å². The van der Waals surface area contributed by atoms with E-state index in [1.807, 2.05) is 31.3 Å². The van der Waals surface area contributed by atoms with E-state index in [4.69, 9.17) is 28.2 Å². The van der Waals surface area contributed by atoms with E-state index < -0.39 is 5.66 Å². The third-order valence-electron chi connectivity index (χ3n) is 9.95. The number of aromatic nitrogens is 3. The number of carbonyl (C=O) groups is 2. The maximum absolute atomic E-state index is 14.5. The average Bonchev–Trinajstić information content (AvgIpc) is 3.27. The average molecular weight is 640 g/mol. The minimum absolute atomic E-state index is 0.0848. The van der Waals surface area contributed by atoms with Gasteiger partial charge in [0.2, 0.25) is 0 Å². The van der Waals surface area contributed by atoms with E-state index in [0.717, 1.165) is 62.8 Å². The Morgan fingerprint density at radius 3 is 2.32 bits per heavy atom. The van der Waals surface area contributed by atoms with Gasteiger partial charge in [0.05, 0.1) is 12.6 Å². The van der Waals surface area contributed by atoms with Crippen LogP contribution in [0.15, 0.2) is 47.5 Å². The minimum atomic E-state index is -0.639. The van der Waals surface area contributed by atoms with Gasteiger partial charge in [0.1, 0.15) is 11.4 Å². The lowest BCUT2D eigenvalue weighted by molar-refractivity contribution is -0.133. The van der Waals surface area contributed by atoms with Crippen LogP contribution in [0.1, 0.15) is 112 Å². The first-order valence-corrected chi connectivity index (χ1v) is 16.6. The third kappa shape index (κ3) is 6.47. The molecule has 8 nitrogen and oxygen atoms in total. The van der Waals surface area contributed by atoms with E-state index in [2.05, 4.69) is 48.2 Å². The molecule has 5 rings (SSSR count). The monoisotopic (exact) mass is 638 g/mol.